The molecule has 3 aromatic rings. The van der Waals surface area contributed by atoms with Gasteiger partial charge in [0, 0.05) is 18.5 Å². The maximum Gasteiger partial charge on any atom is 0.253 e. The number of aromatic nitrogens is 1. The monoisotopic (exact) mass is 397 g/mol. The summed E-state index contributed by atoms with van der Waals surface area (Å²) in [5.74, 6) is -0.129. The van der Waals surface area contributed by atoms with Crippen molar-refractivity contribution in [1.29, 1.82) is 0 Å². The van der Waals surface area contributed by atoms with Crippen LogP contribution in [0.3, 0.4) is 0 Å². The van der Waals surface area contributed by atoms with E-state index in [0.717, 1.165) is 11.3 Å². The first-order chi connectivity index (χ1) is 13.5. The van der Waals surface area contributed by atoms with Crippen molar-refractivity contribution in [3.63, 3.8) is 0 Å². The Morgan fingerprint density at radius 3 is 2.57 bits per heavy atom. The molecule has 0 aliphatic carbocycles. The number of carbonyl (C=O) groups excluding carboxylic acids is 2. The number of halogens is 1. The molecule has 28 heavy (non-hydrogen) atoms. The van der Waals surface area contributed by atoms with E-state index in [4.69, 9.17) is 16.0 Å². The summed E-state index contributed by atoms with van der Waals surface area (Å²) < 4.78 is 5.49. The van der Waals surface area contributed by atoms with Crippen molar-refractivity contribution < 1.29 is 14.0 Å². The minimum absolute atomic E-state index is 0.127. The summed E-state index contributed by atoms with van der Waals surface area (Å²) in [5, 5.41) is 5.63. The molecule has 0 spiro atoms. The molecule has 0 atom stereocenters. The van der Waals surface area contributed by atoms with E-state index >= 15 is 0 Å². The van der Waals surface area contributed by atoms with Gasteiger partial charge in [-0.1, -0.05) is 41.4 Å². The molecular weight excluding hydrogens is 378 g/mol. The third kappa shape index (κ3) is 5.20. The lowest BCUT2D eigenvalue weighted by Crippen LogP contribution is -2.37. The minimum atomic E-state index is -0.389. The fraction of sp³-hybridized carbons (Fsp3) is 0.190. The van der Waals surface area contributed by atoms with Gasteiger partial charge in [-0.05, 0) is 31.2 Å². The van der Waals surface area contributed by atoms with Gasteiger partial charge < -0.3 is 15.1 Å². The van der Waals surface area contributed by atoms with Crippen molar-refractivity contribution >= 4 is 23.4 Å². The average molecular weight is 398 g/mol. The number of nitrogens with zero attached hydrogens (tertiary/aromatic N) is 1. The largest absolute Gasteiger partial charge is 0.444 e. The van der Waals surface area contributed by atoms with Crippen LogP contribution in [0.5, 0.6) is 0 Å². The van der Waals surface area contributed by atoms with Crippen LogP contribution in [0.1, 0.15) is 21.6 Å². The van der Waals surface area contributed by atoms with E-state index in [9.17, 15) is 9.59 Å². The second-order valence-corrected chi connectivity index (χ2v) is 6.68. The first-order valence-corrected chi connectivity index (χ1v) is 9.21. The summed E-state index contributed by atoms with van der Waals surface area (Å²) in [5.41, 5.74) is 3.15. The van der Waals surface area contributed by atoms with Gasteiger partial charge in [0.2, 0.25) is 11.8 Å². The number of rotatable bonds is 7. The smallest absolute Gasteiger partial charge is 0.253 e. The van der Waals surface area contributed by atoms with Gasteiger partial charge in [0.15, 0.2) is 0 Å². The number of aryl methyl sites for hydroxylation is 1. The van der Waals surface area contributed by atoms with Crippen LogP contribution in [0, 0.1) is 6.92 Å². The number of amides is 2. The van der Waals surface area contributed by atoms with E-state index in [1.165, 1.54) is 5.56 Å². The van der Waals surface area contributed by atoms with Gasteiger partial charge in [0.25, 0.3) is 5.91 Å². The number of oxazole rings is 1. The van der Waals surface area contributed by atoms with E-state index in [2.05, 4.69) is 15.6 Å². The molecule has 0 unspecified atom stereocenters. The summed E-state index contributed by atoms with van der Waals surface area (Å²) in [4.78, 5) is 28.4. The Kier molecular flexibility index (Phi) is 6.45. The van der Waals surface area contributed by atoms with Gasteiger partial charge in [-0.25, -0.2) is 4.98 Å². The molecule has 0 saturated carbocycles. The SMILES string of the molecule is Cc1ccc(-c2nc(CCNC(=O)CNC(=O)c3ccccc3Cl)co2)cc1. The van der Waals surface area contributed by atoms with Crippen LogP contribution in [-0.2, 0) is 11.2 Å². The van der Waals surface area contributed by atoms with Gasteiger partial charge in [-0.2, -0.15) is 0 Å². The molecule has 1 heterocycles. The summed E-state index contributed by atoms with van der Waals surface area (Å²) in [6, 6.07) is 14.6. The molecule has 0 radical (unpaired) electrons. The average Bonchev–Trinajstić information content (AvgIpc) is 3.16. The molecular formula is C21H20ClN3O3. The van der Waals surface area contributed by atoms with Crippen LogP contribution in [0.4, 0.5) is 0 Å². The van der Waals surface area contributed by atoms with E-state index in [-0.39, 0.29) is 18.4 Å². The molecule has 3 rings (SSSR count). The van der Waals surface area contributed by atoms with Crippen LogP contribution in [-0.4, -0.2) is 29.9 Å². The van der Waals surface area contributed by atoms with Crippen molar-refractivity contribution in [2.24, 2.45) is 0 Å². The van der Waals surface area contributed by atoms with Crippen molar-refractivity contribution in [2.75, 3.05) is 13.1 Å². The molecule has 2 N–H and O–H groups in total. The molecule has 7 heteroatoms. The molecule has 0 bridgehead atoms. The molecule has 0 aliphatic heterocycles. The zero-order valence-electron chi connectivity index (χ0n) is 15.4. The zero-order chi connectivity index (χ0) is 19.9. The fourth-order valence-electron chi connectivity index (χ4n) is 2.54. The number of carbonyl (C=O) groups is 2. The zero-order valence-corrected chi connectivity index (χ0v) is 16.1. The number of hydrogen-bond donors (Lipinski definition) is 2. The lowest BCUT2D eigenvalue weighted by Gasteiger charge is -2.07. The van der Waals surface area contributed by atoms with Gasteiger partial charge >= 0.3 is 0 Å². The van der Waals surface area contributed by atoms with E-state index < -0.39 is 0 Å². The predicted molar refractivity (Wildman–Crippen MR) is 107 cm³/mol. The first kappa shape index (κ1) is 19.6. The summed E-state index contributed by atoms with van der Waals surface area (Å²) in [6.07, 6.45) is 2.11. The topological polar surface area (TPSA) is 84.2 Å². The minimum Gasteiger partial charge on any atom is -0.444 e. The highest BCUT2D eigenvalue weighted by atomic mass is 35.5. The Hall–Kier alpha value is -3.12. The van der Waals surface area contributed by atoms with Crippen LogP contribution in [0.15, 0.2) is 59.2 Å². The molecule has 0 fully saturated rings. The summed E-state index contributed by atoms with van der Waals surface area (Å²) >= 11 is 5.96. The highest BCUT2D eigenvalue weighted by molar-refractivity contribution is 6.33. The number of nitrogens with one attached hydrogen (secondary N) is 2. The number of hydrogen-bond acceptors (Lipinski definition) is 4. The third-order valence-electron chi connectivity index (χ3n) is 4.08. The second kappa shape index (κ2) is 9.19. The maximum absolute atomic E-state index is 12.0. The lowest BCUT2D eigenvalue weighted by atomic mass is 10.1. The fourth-order valence-corrected chi connectivity index (χ4v) is 2.77. The first-order valence-electron chi connectivity index (χ1n) is 8.84. The molecule has 0 aliphatic rings. The van der Waals surface area contributed by atoms with Gasteiger partial charge in [0.1, 0.15) is 6.26 Å². The molecule has 1 aromatic heterocycles. The maximum atomic E-state index is 12.0. The molecule has 6 nitrogen and oxygen atoms in total. The molecule has 2 aromatic carbocycles. The van der Waals surface area contributed by atoms with E-state index in [1.807, 2.05) is 31.2 Å². The van der Waals surface area contributed by atoms with Crippen LogP contribution >= 0.6 is 11.6 Å². The molecule has 2 amide bonds. The van der Waals surface area contributed by atoms with Crippen LogP contribution < -0.4 is 10.6 Å². The lowest BCUT2D eigenvalue weighted by molar-refractivity contribution is -0.120. The van der Waals surface area contributed by atoms with Crippen molar-refractivity contribution in [1.82, 2.24) is 15.6 Å². The Morgan fingerprint density at radius 1 is 1.07 bits per heavy atom. The second-order valence-electron chi connectivity index (χ2n) is 6.27. The highest BCUT2D eigenvalue weighted by Crippen LogP contribution is 2.19. The van der Waals surface area contributed by atoms with Crippen LogP contribution in [0.2, 0.25) is 5.02 Å². The van der Waals surface area contributed by atoms with Crippen molar-refractivity contribution in [3.05, 3.63) is 76.6 Å². The number of benzene rings is 2. The van der Waals surface area contributed by atoms with Gasteiger partial charge in [-0.15, -0.1) is 0 Å². The van der Waals surface area contributed by atoms with Crippen molar-refractivity contribution in [2.45, 2.75) is 13.3 Å². The highest BCUT2D eigenvalue weighted by Gasteiger charge is 2.11. The standard InChI is InChI=1S/C21H20ClN3O3/c1-14-6-8-15(9-7-14)21-25-16(13-28-21)10-11-23-19(26)12-24-20(27)17-4-2-3-5-18(17)22/h2-9,13H,10-12H2,1H3,(H,23,26)(H,24,27). The van der Waals surface area contributed by atoms with Gasteiger partial charge in [0.05, 0.1) is 22.8 Å². The summed E-state index contributed by atoms with van der Waals surface area (Å²) in [6.45, 7) is 2.28. The Morgan fingerprint density at radius 2 is 1.82 bits per heavy atom. The molecule has 0 saturated heterocycles. The molecule has 144 valence electrons. The van der Waals surface area contributed by atoms with Crippen LogP contribution in [0.25, 0.3) is 11.5 Å². The van der Waals surface area contributed by atoms with Gasteiger partial charge in [-0.3, -0.25) is 9.59 Å². The summed E-state index contributed by atoms with van der Waals surface area (Å²) in [7, 11) is 0. The quantitative estimate of drug-likeness (QED) is 0.640. The Labute approximate surface area is 167 Å². The third-order valence-corrected chi connectivity index (χ3v) is 4.41. The normalized spacial score (nSPS) is 10.5. The Balaban J connectivity index is 1.42. The van der Waals surface area contributed by atoms with Crippen molar-refractivity contribution in [3.8, 4) is 11.5 Å². The Bertz CT molecular complexity index is 967. The predicted octanol–water partition coefficient (Wildman–Crippen LogP) is 3.39. The van der Waals surface area contributed by atoms with E-state index in [1.54, 1.807) is 30.5 Å². The van der Waals surface area contributed by atoms with E-state index in [0.29, 0.717) is 29.4 Å².